The average Bonchev–Trinajstić information content (AvgIpc) is 3.02. The molecule has 2 aromatic carbocycles. The SMILES string of the molecule is C=CC[C@]1(C(=O)OCC)C(=O)N(Cc2ccc(OC)cc2OC)c2ccc(OC)cc21. The van der Waals surface area contributed by atoms with Crippen molar-refractivity contribution in [3.63, 3.8) is 0 Å². The van der Waals surface area contributed by atoms with E-state index in [1.54, 1.807) is 62.5 Å². The van der Waals surface area contributed by atoms with Crippen LogP contribution in [0.15, 0.2) is 49.1 Å². The summed E-state index contributed by atoms with van der Waals surface area (Å²) in [5.74, 6) is 0.810. The van der Waals surface area contributed by atoms with E-state index in [0.29, 0.717) is 28.5 Å². The summed E-state index contributed by atoms with van der Waals surface area (Å²) in [6.07, 6.45) is 1.68. The Bertz CT molecular complexity index is 1000. The molecule has 7 heteroatoms. The van der Waals surface area contributed by atoms with Gasteiger partial charge >= 0.3 is 5.97 Å². The Kier molecular flexibility index (Phi) is 6.53. The van der Waals surface area contributed by atoms with Gasteiger partial charge in [0, 0.05) is 22.9 Å². The normalized spacial score (nSPS) is 17.2. The first kappa shape index (κ1) is 22.2. The number of methoxy groups -OCH3 is 3. The average molecular weight is 425 g/mol. The summed E-state index contributed by atoms with van der Waals surface area (Å²) >= 11 is 0. The lowest BCUT2D eigenvalue weighted by atomic mass is 9.78. The van der Waals surface area contributed by atoms with Crippen molar-refractivity contribution in [3.05, 3.63) is 60.2 Å². The first-order valence-corrected chi connectivity index (χ1v) is 9.96. The van der Waals surface area contributed by atoms with E-state index in [9.17, 15) is 9.59 Å². The molecule has 0 fully saturated rings. The van der Waals surface area contributed by atoms with Gasteiger partial charge in [-0.05, 0) is 43.7 Å². The summed E-state index contributed by atoms with van der Waals surface area (Å²) < 4.78 is 21.5. The molecule has 0 unspecified atom stereocenters. The molecular weight excluding hydrogens is 398 g/mol. The summed E-state index contributed by atoms with van der Waals surface area (Å²) in [6, 6.07) is 10.7. The Morgan fingerprint density at radius 2 is 1.74 bits per heavy atom. The highest BCUT2D eigenvalue weighted by molar-refractivity contribution is 6.20. The van der Waals surface area contributed by atoms with E-state index in [4.69, 9.17) is 18.9 Å². The standard InChI is InChI=1S/C24H27NO6/c1-6-12-24(23(27)31-7-2)19-13-17(28-3)10-11-20(19)25(22(24)26)15-16-8-9-18(29-4)14-21(16)30-5/h6,8-11,13-14H,1,7,12,15H2,2-5H3/t24-/m1/s1. The molecule has 0 saturated carbocycles. The van der Waals surface area contributed by atoms with Gasteiger partial charge in [0.15, 0.2) is 5.41 Å². The van der Waals surface area contributed by atoms with Gasteiger partial charge in [-0.2, -0.15) is 0 Å². The number of hydrogen-bond acceptors (Lipinski definition) is 6. The maximum Gasteiger partial charge on any atom is 0.326 e. The zero-order valence-electron chi connectivity index (χ0n) is 18.3. The highest BCUT2D eigenvalue weighted by Crippen LogP contribution is 2.47. The zero-order chi connectivity index (χ0) is 22.6. The molecule has 0 saturated heterocycles. The third-order valence-electron chi connectivity index (χ3n) is 5.46. The van der Waals surface area contributed by atoms with Gasteiger partial charge in [0.2, 0.25) is 5.91 Å². The van der Waals surface area contributed by atoms with Gasteiger partial charge in [0.1, 0.15) is 17.2 Å². The van der Waals surface area contributed by atoms with Crippen LogP contribution in [0.25, 0.3) is 0 Å². The van der Waals surface area contributed by atoms with Crippen LogP contribution in [-0.4, -0.2) is 39.8 Å². The number of anilines is 1. The molecule has 2 aromatic rings. The summed E-state index contributed by atoms with van der Waals surface area (Å²) in [7, 11) is 4.67. The van der Waals surface area contributed by atoms with E-state index in [2.05, 4.69) is 6.58 Å². The highest BCUT2D eigenvalue weighted by Gasteiger charge is 2.57. The van der Waals surface area contributed by atoms with Gasteiger partial charge in [-0.3, -0.25) is 9.59 Å². The van der Waals surface area contributed by atoms with Crippen LogP contribution in [0.1, 0.15) is 24.5 Å². The molecule has 0 aromatic heterocycles. The van der Waals surface area contributed by atoms with Crippen molar-refractivity contribution in [2.24, 2.45) is 0 Å². The highest BCUT2D eigenvalue weighted by atomic mass is 16.5. The monoisotopic (exact) mass is 425 g/mol. The van der Waals surface area contributed by atoms with Crippen molar-refractivity contribution in [2.75, 3.05) is 32.8 Å². The smallest absolute Gasteiger partial charge is 0.326 e. The minimum Gasteiger partial charge on any atom is -0.497 e. The summed E-state index contributed by atoms with van der Waals surface area (Å²) in [4.78, 5) is 28.5. The van der Waals surface area contributed by atoms with Crippen molar-refractivity contribution in [1.29, 1.82) is 0 Å². The van der Waals surface area contributed by atoms with E-state index in [0.717, 1.165) is 5.56 Å². The second-order valence-corrected chi connectivity index (χ2v) is 7.07. The molecule has 1 amide bonds. The van der Waals surface area contributed by atoms with Gasteiger partial charge in [0.25, 0.3) is 0 Å². The van der Waals surface area contributed by atoms with Crippen molar-refractivity contribution < 1.29 is 28.5 Å². The number of carbonyl (C=O) groups excluding carboxylic acids is 2. The number of hydrogen-bond donors (Lipinski definition) is 0. The number of amides is 1. The number of benzene rings is 2. The van der Waals surface area contributed by atoms with Crippen LogP contribution in [0, 0.1) is 0 Å². The molecule has 1 aliphatic rings. The number of allylic oxidation sites excluding steroid dienone is 1. The summed E-state index contributed by atoms with van der Waals surface area (Å²) in [6.45, 7) is 5.86. The van der Waals surface area contributed by atoms with Gasteiger partial charge in [-0.15, -0.1) is 6.58 Å². The molecule has 0 bridgehead atoms. The molecule has 164 valence electrons. The van der Waals surface area contributed by atoms with E-state index in [1.807, 2.05) is 6.07 Å². The minimum absolute atomic E-state index is 0.112. The van der Waals surface area contributed by atoms with Crippen LogP contribution in [0.5, 0.6) is 17.2 Å². The quantitative estimate of drug-likeness (QED) is 0.347. The molecule has 1 atom stereocenters. The molecule has 1 aliphatic heterocycles. The molecule has 3 rings (SSSR count). The lowest BCUT2D eigenvalue weighted by Crippen LogP contribution is -2.46. The Hall–Kier alpha value is -3.48. The van der Waals surface area contributed by atoms with Crippen LogP contribution in [-0.2, 0) is 26.3 Å². The molecule has 0 N–H and O–H groups in total. The van der Waals surface area contributed by atoms with E-state index in [1.165, 1.54) is 7.11 Å². The lowest BCUT2D eigenvalue weighted by molar-refractivity contribution is -0.153. The molecule has 0 spiro atoms. The number of nitrogens with zero attached hydrogens (tertiary/aromatic N) is 1. The van der Waals surface area contributed by atoms with Crippen molar-refractivity contribution in [1.82, 2.24) is 0 Å². The fraction of sp³-hybridized carbons (Fsp3) is 0.333. The van der Waals surface area contributed by atoms with Gasteiger partial charge in [0.05, 0.1) is 34.5 Å². The van der Waals surface area contributed by atoms with Crippen molar-refractivity contribution in [2.45, 2.75) is 25.3 Å². The van der Waals surface area contributed by atoms with E-state index in [-0.39, 0.29) is 25.5 Å². The second-order valence-electron chi connectivity index (χ2n) is 7.07. The van der Waals surface area contributed by atoms with Crippen LogP contribution < -0.4 is 19.1 Å². The Morgan fingerprint density at radius 1 is 1.06 bits per heavy atom. The lowest BCUT2D eigenvalue weighted by Gasteiger charge is -2.26. The maximum atomic E-state index is 13.8. The van der Waals surface area contributed by atoms with Crippen LogP contribution in [0.3, 0.4) is 0 Å². The molecule has 0 radical (unpaired) electrons. The number of ether oxygens (including phenoxy) is 4. The fourth-order valence-electron chi connectivity index (χ4n) is 3.93. The first-order chi connectivity index (χ1) is 15.0. The van der Waals surface area contributed by atoms with E-state index >= 15 is 0 Å². The predicted octanol–water partition coefficient (Wildman–Crippen LogP) is 3.64. The number of rotatable bonds is 9. The summed E-state index contributed by atoms with van der Waals surface area (Å²) in [5.41, 5.74) is 0.430. The zero-order valence-corrected chi connectivity index (χ0v) is 18.3. The molecule has 7 nitrogen and oxygen atoms in total. The minimum atomic E-state index is -1.51. The second kappa shape index (κ2) is 9.12. The summed E-state index contributed by atoms with van der Waals surface area (Å²) in [5, 5.41) is 0. The Morgan fingerprint density at radius 3 is 2.35 bits per heavy atom. The van der Waals surface area contributed by atoms with Crippen molar-refractivity contribution >= 4 is 17.6 Å². The molecule has 31 heavy (non-hydrogen) atoms. The molecule has 0 aliphatic carbocycles. The predicted molar refractivity (Wildman–Crippen MR) is 117 cm³/mol. The topological polar surface area (TPSA) is 74.3 Å². The number of carbonyl (C=O) groups is 2. The molecule has 1 heterocycles. The Labute approximate surface area is 182 Å². The van der Waals surface area contributed by atoms with Crippen LogP contribution in [0.4, 0.5) is 5.69 Å². The van der Waals surface area contributed by atoms with Gasteiger partial charge < -0.3 is 23.8 Å². The maximum absolute atomic E-state index is 13.8. The van der Waals surface area contributed by atoms with Crippen molar-refractivity contribution in [3.8, 4) is 17.2 Å². The fourth-order valence-corrected chi connectivity index (χ4v) is 3.93. The van der Waals surface area contributed by atoms with Crippen LogP contribution in [0.2, 0.25) is 0 Å². The molecular formula is C24H27NO6. The van der Waals surface area contributed by atoms with Crippen LogP contribution >= 0.6 is 0 Å². The van der Waals surface area contributed by atoms with Gasteiger partial charge in [-0.25, -0.2) is 0 Å². The number of esters is 1. The first-order valence-electron chi connectivity index (χ1n) is 9.96. The van der Waals surface area contributed by atoms with E-state index < -0.39 is 11.4 Å². The Balaban J connectivity index is 2.15. The third kappa shape index (κ3) is 3.71. The van der Waals surface area contributed by atoms with Gasteiger partial charge in [-0.1, -0.05) is 6.08 Å². The largest absolute Gasteiger partial charge is 0.497 e. The number of fused-ring (bicyclic) bond motifs is 1. The third-order valence-corrected chi connectivity index (χ3v) is 5.46.